The normalized spacial score (nSPS) is 10.7. The molecule has 0 bridgehead atoms. The molecule has 124 valence electrons. The van der Waals surface area contributed by atoms with Gasteiger partial charge in [-0.15, -0.1) is 11.3 Å². The zero-order valence-electron chi connectivity index (χ0n) is 13.4. The lowest BCUT2D eigenvalue weighted by Gasteiger charge is -2.06. The second kappa shape index (κ2) is 7.85. The van der Waals surface area contributed by atoms with Gasteiger partial charge in [0.1, 0.15) is 0 Å². The standard InChI is InChI=1S/C17H19N5OS/c1-22-12-14(16(21-22)13-4-2-6-18-10-13)11-19-7-8-20-17(23)15-5-3-9-24-15/h2-6,9-10,12,19H,7-8,11H2,1H3,(H,20,23). The van der Waals surface area contributed by atoms with Crippen molar-refractivity contribution in [3.8, 4) is 11.3 Å². The fourth-order valence-electron chi connectivity index (χ4n) is 2.40. The molecule has 0 aliphatic heterocycles. The molecule has 3 aromatic heterocycles. The highest BCUT2D eigenvalue weighted by atomic mass is 32.1. The summed E-state index contributed by atoms with van der Waals surface area (Å²) in [4.78, 5) is 16.7. The summed E-state index contributed by atoms with van der Waals surface area (Å²) < 4.78 is 1.80. The lowest BCUT2D eigenvalue weighted by Crippen LogP contribution is -2.31. The van der Waals surface area contributed by atoms with Crippen LogP contribution in [0.4, 0.5) is 0 Å². The van der Waals surface area contributed by atoms with E-state index in [-0.39, 0.29) is 5.91 Å². The van der Waals surface area contributed by atoms with E-state index in [1.54, 1.807) is 10.9 Å². The zero-order chi connectivity index (χ0) is 16.8. The van der Waals surface area contributed by atoms with Crippen molar-refractivity contribution in [1.29, 1.82) is 0 Å². The number of carbonyl (C=O) groups excluding carboxylic acids is 1. The topological polar surface area (TPSA) is 71.8 Å². The van der Waals surface area contributed by atoms with Crippen LogP contribution >= 0.6 is 11.3 Å². The van der Waals surface area contributed by atoms with E-state index >= 15 is 0 Å². The molecular formula is C17H19N5OS. The molecule has 0 aliphatic rings. The molecule has 0 atom stereocenters. The van der Waals surface area contributed by atoms with Gasteiger partial charge in [-0.3, -0.25) is 14.5 Å². The molecule has 0 aliphatic carbocycles. The molecule has 0 spiro atoms. The Hall–Kier alpha value is -2.51. The van der Waals surface area contributed by atoms with Crippen molar-refractivity contribution < 1.29 is 4.79 Å². The number of aryl methyl sites for hydroxylation is 1. The largest absolute Gasteiger partial charge is 0.350 e. The summed E-state index contributed by atoms with van der Waals surface area (Å²) in [7, 11) is 1.91. The minimum Gasteiger partial charge on any atom is -0.350 e. The fourth-order valence-corrected chi connectivity index (χ4v) is 3.04. The summed E-state index contributed by atoms with van der Waals surface area (Å²) in [6.45, 7) is 1.96. The second-order valence-corrected chi connectivity index (χ2v) is 6.28. The maximum absolute atomic E-state index is 11.8. The fraction of sp³-hybridized carbons (Fsp3) is 0.235. The van der Waals surface area contributed by atoms with Crippen LogP contribution < -0.4 is 10.6 Å². The number of pyridine rings is 1. The van der Waals surface area contributed by atoms with Gasteiger partial charge in [0.25, 0.3) is 5.91 Å². The third-order valence-electron chi connectivity index (χ3n) is 3.49. The average molecular weight is 341 g/mol. The zero-order valence-corrected chi connectivity index (χ0v) is 14.2. The third-order valence-corrected chi connectivity index (χ3v) is 4.36. The first-order valence-corrected chi connectivity index (χ1v) is 8.57. The smallest absolute Gasteiger partial charge is 0.261 e. The van der Waals surface area contributed by atoms with E-state index < -0.39 is 0 Å². The molecule has 0 fully saturated rings. The number of hydrogen-bond acceptors (Lipinski definition) is 5. The van der Waals surface area contributed by atoms with E-state index in [0.29, 0.717) is 19.6 Å². The van der Waals surface area contributed by atoms with Crippen LogP contribution in [-0.4, -0.2) is 33.8 Å². The van der Waals surface area contributed by atoms with Gasteiger partial charge < -0.3 is 10.6 Å². The first-order valence-electron chi connectivity index (χ1n) is 7.69. The molecule has 0 unspecified atom stereocenters. The van der Waals surface area contributed by atoms with Crippen molar-refractivity contribution in [2.24, 2.45) is 7.05 Å². The molecule has 3 rings (SSSR count). The highest BCUT2D eigenvalue weighted by Gasteiger charge is 2.10. The van der Waals surface area contributed by atoms with Crippen molar-refractivity contribution >= 4 is 17.2 Å². The summed E-state index contributed by atoms with van der Waals surface area (Å²) in [6, 6.07) is 7.60. The monoisotopic (exact) mass is 341 g/mol. The number of thiophene rings is 1. The van der Waals surface area contributed by atoms with Crippen LogP contribution in [0.15, 0.2) is 48.2 Å². The van der Waals surface area contributed by atoms with Gasteiger partial charge in [-0.25, -0.2) is 0 Å². The molecule has 7 heteroatoms. The molecular weight excluding hydrogens is 322 g/mol. The van der Waals surface area contributed by atoms with Gasteiger partial charge in [0.2, 0.25) is 0 Å². The minimum atomic E-state index is -0.0239. The van der Waals surface area contributed by atoms with E-state index in [1.165, 1.54) is 11.3 Å². The Labute approximate surface area is 144 Å². The van der Waals surface area contributed by atoms with Gasteiger partial charge in [0.15, 0.2) is 0 Å². The van der Waals surface area contributed by atoms with Crippen molar-refractivity contribution in [3.05, 3.63) is 58.7 Å². The minimum absolute atomic E-state index is 0.0239. The van der Waals surface area contributed by atoms with Crippen LogP contribution in [0.2, 0.25) is 0 Å². The number of hydrogen-bond donors (Lipinski definition) is 2. The number of carbonyl (C=O) groups is 1. The Morgan fingerprint density at radius 1 is 1.29 bits per heavy atom. The van der Waals surface area contributed by atoms with E-state index in [2.05, 4.69) is 20.7 Å². The van der Waals surface area contributed by atoms with Gasteiger partial charge in [-0.1, -0.05) is 6.07 Å². The molecule has 0 radical (unpaired) electrons. The molecule has 3 heterocycles. The van der Waals surface area contributed by atoms with E-state index in [9.17, 15) is 4.79 Å². The van der Waals surface area contributed by atoms with Crippen molar-refractivity contribution in [2.75, 3.05) is 13.1 Å². The summed E-state index contributed by atoms with van der Waals surface area (Å²) in [5, 5.41) is 12.7. The summed E-state index contributed by atoms with van der Waals surface area (Å²) in [6.07, 6.45) is 5.56. The first kappa shape index (κ1) is 16.4. The average Bonchev–Trinajstić information content (AvgIpc) is 3.25. The van der Waals surface area contributed by atoms with Gasteiger partial charge in [0, 0.05) is 56.4 Å². The Balaban J connectivity index is 1.50. The molecule has 6 nitrogen and oxygen atoms in total. The highest BCUT2D eigenvalue weighted by Crippen LogP contribution is 2.20. The van der Waals surface area contributed by atoms with Crippen molar-refractivity contribution in [3.63, 3.8) is 0 Å². The SMILES string of the molecule is Cn1cc(CNCCNC(=O)c2cccs2)c(-c2cccnc2)n1. The van der Waals surface area contributed by atoms with Crippen molar-refractivity contribution in [2.45, 2.75) is 6.54 Å². The number of nitrogens with zero attached hydrogens (tertiary/aromatic N) is 3. The molecule has 24 heavy (non-hydrogen) atoms. The molecule has 3 aromatic rings. The van der Waals surface area contributed by atoms with Crippen molar-refractivity contribution in [1.82, 2.24) is 25.4 Å². The molecule has 0 saturated heterocycles. The van der Waals surface area contributed by atoms with Gasteiger partial charge in [-0.05, 0) is 23.6 Å². The van der Waals surface area contributed by atoms with Gasteiger partial charge >= 0.3 is 0 Å². The summed E-state index contributed by atoms with van der Waals surface area (Å²) in [5.41, 5.74) is 3.04. The Morgan fingerprint density at radius 2 is 2.21 bits per heavy atom. The number of aromatic nitrogens is 3. The highest BCUT2D eigenvalue weighted by molar-refractivity contribution is 7.12. The number of amides is 1. The van der Waals surface area contributed by atoms with E-state index in [1.807, 2.05) is 49.1 Å². The second-order valence-electron chi connectivity index (χ2n) is 5.33. The van der Waals surface area contributed by atoms with Gasteiger partial charge in [0.05, 0.1) is 10.6 Å². The lowest BCUT2D eigenvalue weighted by molar-refractivity contribution is 0.0958. The van der Waals surface area contributed by atoms with Crippen LogP contribution in [-0.2, 0) is 13.6 Å². The van der Waals surface area contributed by atoms with Crippen LogP contribution in [0, 0.1) is 0 Å². The maximum Gasteiger partial charge on any atom is 0.261 e. The summed E-state index contributed by atoms with van der Waals surface area (Å²) >= 11 is 1.44. The first-order chi connectivity index (χ1) is 11.7. The van der Waals surface area contributed by atoms with Crippen LogP contribution in [0.25, 0.3) is 11.3 Å². The summed E-state index contributed by atoms with van der Waals surface area (Å²) in [5.74, 6) is -0.0239. The quantitative estimate of drug-likeness (QED) is 0.645. The van der Waals surface area contributed by atoms with Crippen LogP contribution in [0.5, 0.6) is 0 Å². The van der Waals surface area contributed by atoms with Gasteiger partial charge in [-0.2, -0.15) is 5.10 Å². The van der Waals surface area contributed by atoms with E-state index in [4.69, 9.17) is 0 Å². The predicted molar refractivity (Wildman–Crippen MR) is 94.8 cm³/mol. The van der Waals surface area contributed by atoms with E-state index in [0.717, 1.165) is 21.7 Å². The Kier molecular flexibility index (Phi) is 5.35. The molecule has 1 amide bonds. The number of nitrogens with one attached hydrogen (secondary N) is 2. The van der Waals surface area contributed by atoms with Crippen LogP contribution in [0.1, 0.15) is 15.2 Å². The molecule has 0 saturated carbocycles. The Morgan fingerprint density at radius 3 is 2.96 bits per heavy atom. The van der Waals surface area contributed by atoms with Crippen LogP contribution in [0.3, 0.4) is 0 Å². The Bertz CT molecular complexity index is 783. The molecule has 2 N–H and O–H groups in total. The molecule has 0 aromatic carbocycles. The third kappa shape index (κ3) is 4.06. The lowest BCUT2D eigenvalue weighted by atomic mass is 10.1. The number of rotatable bonds is 7. The maximum atomic E-state index is 11.8. The predicted octanol–water partition coefficient (Wildman–Crippen LogP) is 2.06.